The fourth-order valence-corrected chi connectivity index (χ4v) is 3.02. The highest BCUT2D eigenvalue weighted by Crippen LogP contribution is 2.23. The molecule has 21 heavy (non-hydrogen) atoms. The second-order valence-electron chi connectivity index (χ2n) is 6.01. The van der Waals surface area contributed by atoms with Crippen LogP contribution in [0.1, 0.15) is 19.3 Å². The molecule has 2 aliphatic rings. The van der Waals surface area contributed by atoms with E-state index >= 15 is 0 Å². The molecule has 0 aromatic carbocycles. The molecule has 2 saturated heterocycles. The SMILES string of the molecule is CN=C(NCC1(OC)CCOCC1)N(C)CC1CCOC1. The minimum Gasteiger partial charge on any atom is -0.381 e. The van der Waals surface area contributed by atoms with E-state index in [4.69, 9.17) is 14.2 Å². The predicted octanol–water partition coefficient (Wildman–Crippen LogP) is 0.726. The normalized spacial score (nSPS) is 25.9. The molecule has 1 atom stereocenters. The number of nitrogens with zero attached hydrogens (tertiary/aromatic N) is 2. The van der Waals surface area contributed by atoms with Crippen LogP contribution in [0, 0.1) is 5.92 Å². The molecule has 0 aromatic rings. The van der Waals surface area contributed by atoms with Crippen LogP contribution in [0.4, 0.5) is 0 Å². The van der Waals surface area contributed by atoms with E-state index in [0.29, 0.717) is 5.92 Å². The molecule has 1 unspecified atom stereocenters. The Kier molecular flexibility index (Phi) is 6.26. The lowest BCUT2D eigenvalue weighted by molar-refractivity contribution is -0.0857. The average molecular weight is 299 g/mol. The largest absolute Gasteiger partial charge is 0.381 e. The van der Waals surface area contributed by atoms with Crippen molar-refractivity contribution in [3.05, 3.63) is 0 Å². The monoisotopic (exact) mass is 299 g/mol. The number of ether oxygens (including phenoxy) is 3. The summed E-state index contributed by atoms with van der Waals surface area (Å²) in [6.45, 7) is 5.03. The molecule has 0 aromatic heterocycles. The maximum Gasteiger partial charge on any atom is 0.193 e. The lowest BCUT2D eigenvalue weighted by Crippen LogP contribution is -2.51. The topological polar surface area (TPSA) is 55.3 Å². The minimum atomic E-state index is -0.133. The Morgan fingerprint density at radius 1 is 1.33 bits per heavy atom. The van der Waals surface area contributed by atoms with Gasteiger partial charge >= 0.3 is 0 Å². The Balaban J connectivity index is 1.83. The smallest absolute Gasteiger partial charge is 0.193 e. The first-order valence-corrected chi connectivity index (χ1v) is 7.81. The minimum absolute atomic E-state index is 0.133. The van der Waals surface area contributed by atoms with Crippen LogP contribution in [-0.2, 0) is 14.2 Å². The molecule has 0 bridgehead atoms. The van der Waals surface area contributed by atoms with E-state index in [9.17, 15) is 0 Å². The van der Waals surface area contributed by atoms with Gasteiger partial charge in [0, 0.05) is 72.9 Å². The van der Waals surface area contributed by atoms with E-state index in [1.54, 1.807) is 7.11 Å². The molecule has 0 spiro atoms. The summed E-state index contributed by atoms with van der Waals surface area (Å²) >= 11 is 0. The Morgan fingerprint density at radius 3 is 2.67 bits per heavy atom. The molecule has 122 valence electrons. The van der Waals surface area contributed by atoms with E-state index in [1.807, 2.05) is 7.05 Å². The van der Waals surface area contributed by atoms with Gasteiger partial charge in [0.2, 0.25) is 0 Å². The molecule has 6 heteroatoms. The number of guanidine groups is 1. The molecular weight excluding hydrogens is 270 g/mol. The van der Waals surface area contributed by atoms with E-state index in [0.717, 1.165) is 64.7 Å². The quantitative estimate of drug-likeness (QED) is 0.599. The summed E-state index contributed by atoms with van der Waals surface area (Å²) in [6.07, 6.45) is 2.99. The van der Waals surface area contributed by atoms with Gasteiger partial charge < -0.3 is 24.4 Å². The van der Waals surface area contributed by atoms with Crippen molar-refractivity contribution in [2.45, 2.75) is 24.9 Å². The van der Waals surface area contributed by atoms with Gasteiger partial charge in [-0.25, -0.2) is 0 Å². The standard InChI is InChI=1S/C15H29N3O3/c1-16-14(18(2)10-13-4-7-21-11-13)17-12-15(19-3)5-8-20-9-6-15/h13H,4-12H2,1-3H3,(H,16,17). The van der Waals surface area contributed by atoms with Crippen LogP contribution < -0.4 is 5.32 Å². The first-order chi connectivity index (χ1) is 10.2. The molecule has 2 rings (SSSR count). The maximum absolute atomic E-state index is 5.75. The van der Waals surface area contributed by atoms with Gasteiger partial charge in [-0.1, -0.05) is 0 Å². The van der Waals surface area contributed by atoms with Gasteiger partial charge in [0.1, 0.15) is 0 Å². The van der Waals surface area contributed by atoms with Crippen LogP contribution in [0.3, 0.4) is 0 Å². The van der Waals surface area contributed by atoms with Crippen molar-refractivity contribution in [3.8, 4) is 0 Å². The molecule has 0 radical (unpaired) electrons. The number of rotatable bonds is 5. The van der Waals surface area contributed by atoms with Crippen molar-refractivity contribution >= 4 is 5.96 Å². The fraction of sp³-hybridized carbons (Fsp3) is 0.933. The Hall–Kier alpha value is -0.850. The molecule has 0 saturated carbocycles. The molecule has 2 heterocycles. The van der Waals surface area contributed by atoms with Crippen molar-refractivity contribution < 1.29 is 14.2 Å². The van der Waals surface area contributed by atoms with Crippen LogP contribution in [0.2, 0.25) is 0 Å². The fourth-order valence-electron chi connectivity index (χ4n) is 3.02. The van der Waals surface area contributed by atoms with Crippen molar-refractivity contribution in [2.75, 3.05) is 60.7 Å². The average Bonchev–Trinajstić information content (AvgIpc) is 3.01. The summed E-state index contributed by atoms with van der Waals surface area (Å²) in [6, 6.07) is 0. The lowest BCUT2D eigenvalue weighted by Gasteiger charge is -2.37. The highest BCUT2D eigenvalue weighted by molar-refractivity contribution is 5.79. The van der Waals surface area contributed by atoms with Crippen molar-refractivity contribution in [3.63, 3.8) is 0 Å². The molecule has 2 aliphatic heterocycles. The van der Waals surface area contributed by atoms with Crippen LogP contribution in [-0.4, -0.2) is 77.2 Å². The second-order valence-corrected chi connectivity index (χ2v) is 6.01. The van der Waals surface area contributed by atoms with Crippen LogP contribution in [0.25, 0.3) is 0 Å². The summed E-state index contributed by atoms with van der Waals surface area (Å²) in [5, 5.41) is 3.46. The van der Waals surface area contributed by atoms with Gasteiger partial charge in [0.25, 0.3) is 0 Å². The number of aliphatic imine (C=N–C) groups is 1. The van der Waals surface area contributed by atoms with Crippen molar-refractivity contribution in [1.29, 1.82) is 0 Å². The van der Waals surface area contributed by atoms with E-state index in [-0.39, 0.29) is 5.60 Å². The third-order valence-electron chi connectivity index (χ3n) is 4.54. The highest BCUT2D eigenvalue weighted by atomic mass is 16.5. The summed E-state index contributed by atoms with van der Waals surface area (Å²) in [4.78, 5) is 6.57. The zero-order valence-corrected chi connectivity index (χ0v) is 13.6. The molecular formula is C15H29N3O3. The molecule has 1 N–H and O–H groups in total. The van der Waals surface area contributed by atoms with Gasteiger partial charge in [0.05, 0.1) is 12.2 Å². The zero-order valence-electron chi connectivity index (χ0n) is 13.6. The zero-order chi connectivity index (χ0) is 15.1. The summed E-state index contributed by atoms with van der Waals surface area (Å²) in [5.74, 6) is 1.53. The van der Waals surface area contributed by atoms with Gasteiger partial charge in [-0.3, -0.25) is 4.99 Å². The van der Waals surface area contributed by atoms with Gasteiger partial charge in [0.15, 0.2) is 5.96 Å². The molecule has 0 amide bonds. The van der Waals surface area contributed by atoms with Gasteiger partial charge in [-0.2, -0.15) is 0 Å². The third kappa shape index (κ3) is 4.56. The number of hydrogen-bond acceptors (Lipinski definition) is 4. The summed E-state index contributed by atoms with van der Waals surface area (Å²) in [7, 11) is 5.69. The first kappa shape index (κ1) is 16.5. The number of methoxy groups -OCH3 is 1. The van der Waals surface area contributed by atoms with Crippen LogP contribution >= 0.6 is 0 Å². The number of nitrogens with one attached hydrogen (secondary N) is 1. The van der Waals surface area contributed by atoms with Crippen LogP contribution in [0.5, 0.6) is 0 Å². The predicted molar refractivity (Wildman–Crippen MR) is 82.7 cm³/mol. The van der Waals surface area contributed by atoms with Crippen LogP contribution in [0.15, 0.2) is 4.99 Å². The van der Waals surface area contributed by atoms with E-state index in [2.05, 4.69) is 22.3 Å². The Labute approximate surface area is 127 Å². The van der Waals surface area contributed by atoms with E-state index < -0.39 is 0 Å². The van der Waals surface area contributed by atoms with Gasteiger partial charge in [-0.05, 0) is 6.42 Å². The second kappa shape index (κ2) is 7.96. The first-order valence-electron chi connectivity index (χ1n) is 7.81. The third-order valence-corrected chi connectivity index (χ3v) is 4.54. The van der Waals surface area contributed by atoms with Gasteiger partial charge in [-0.15, -0.1) is 0 Å². The number of hydrogen-bond donors (Lipinski definition) is 1. The Bertz CT molecular complexity index is 337. The van der Waals surface area contributed by atoms with E-state index in [1.165, 1.54) is 0 Å². The Morgan fingerprint density at radius 2 is 2.10 bits per heavy atom. The lowest BCUT2D eigenvalue weighted by atomic mass is 9.94. The molecule has 6 nitrogen and oxygen atoms in total. The molecule has 2 fully saturated rings. The van der Waals surface area contributed by atoms with Crippen molar-refractivity contribution in [1.82, 2.24) is 10.2 Å². The summed E-state index contributed by atoms with van der Waals surface area (Å²) in [5.41, 5.74) is -0.133. The van der Waals surface area contributed by atoms with Crippen molar-refractivity contribution in [2.24, 2.45) is 10.9 Å². The summed E-state index contributed by atoms with van der Waals surface area (Å²) < 4.78 is 16.6. The highest BCUT2D eigenvalue weighted by Gasteiger charge is 2.33. The molecule has 0 aliphatic carbocycles. The maximum atomic E-state index is 5.75.